The van der Waals surface area contributed by atoms with E-state index in [2.05, 4.69) is 30.3 Å². The molecule has 0 saturated carbocycles. The van der Waals surface area contributed by atoms with E-state index in [4.69, 9.17) is 0 Å². The van der Waals surface area contributed by atoms with Crippen molar-refractivity contribution >= 4 is 0 Å². The second-order valence-corrected chi connectivity index (χ2v) is 2.35. The van der Waals surface area contributed by atoms with Crippen molar-refractivity contribution in [2.24, 2.45) is 0 Å². The van der Waals surface area contributed by atoms with Crippen molar-refractivity contribution < 1.29 is 0 Å². The van der Waals surface area contributed by atoms with Crippen molar-refractivity contribution in [3.05, 3.63) is 60.7 Å². The molecule has 0 spiro atoms. The molecule has 5 radical (unpaired) electrons. The lowest BCUT2D eigenvalue weighted by Crippen LogP contribution is -1.75. The van der Waals surface area contributed by atoms with E-state index >= 15 is 0 Å². The van der Waals surface area contributed by atoms with Gasteiger partial charge in [-0.15, -0.1) is 0 Å². The molecule has 2 rings (SSSR count). The second kappa shape index (κ2) is 3.22. The first kappa shape index (κ1) is 7.11. The van der Waals surface area contributed by atoms with Crippen LogP contribution in [0.1, 0.15) is 0 Å². The van der Waals surface area contributed by atoms with E-state index in [1.165, 1.54) is 0 Å². The zero-order valence-corrected chi connectivity index (χ0v) is 6.39. The van der Waals surface area contributed by atoms with Crippen molar-refractivity contribution in [1.29, 1.82) is 0 Å². The van der Waals surface area contributed by atoms with Crippen LogP contribution in [0.5, 0.6) is 0 Å². The molecule has 0 bridgehead atoms. The molecule has 0 aromatic heterocycles. The molecule has 0 N–H and O–H groups in total. The van der Waals surface area contributed by atoms with E-state index in [9.17, 15) is 0 Å². The summed E-state index contributed by atoms with van der Waals surface area (Å²) in [6.07, 6.45) is 0. The molecule has 2 aromatic rings. The molecule has 0 heterocycles. The Labute approximate surface area is 72.5 Å². The first-order valence-electron chi connectivity index (χ1n) is 3.65. The summed E-state index contributed by atoms with van der Waals surface area (Å²) >= 11 is 0. The maximum atomic E-state index is 2.99. The Morgan fingerprint density at radius 1 is 0.833 bits per heavy atom. The van der Waals surface area contributed by atoms with Gasteiger partial charge in [0.1, 0.15) is 0 Å². The van der Waals surface area contributed by atoms with Gasteiger partial charge >= 0.3 is 0 Å². The van der Waals surface area contributed by atoms with E-state index in [0.717, 1.165) is 11.1 Å². The van der Waals surface area contributed by atoms with Gasteiger partial charge in [-0.2, -0.15) is 0 Å². The highest BCUT2D eigenvalue weighted by Gasteiger charge is 1.93. The lowest BCUT2D eigenvalue weighted by atomic mass is 10.1. The first-order chi connectivity index (χ1) is 5.97. The van der Waals surface area contributed by atoms with Crippen molar-refractivity contribution in [3.63, 3.8) is 0 Å². The van der Waals surface area contributed by atoms with E-state index < -0.39 is 0 Å². The van der Waals surface area contributed by atoms with Crippen molar-refractivity contribution in [2.45, 2.75) is 0 Å². The van der Waals surface area contributed by atoms with Crippen molar-refractivity contribution in [3.8, 4) is 11.1 Å². The monoisotopic (exact) mass is 149 g/mol. The lowest BCUT2D eigenvalue weighted by molar-refractivity contribution is 1.58. The Kier molecular flexibility index (Phi) is 1.91. The average molecular weight is 149 g/mol. The van der Waals surface area contributed by atoms with Gasteiger partial charge < -0.3 is 0 Å². The molecule has 0 aliphatic heterocycles. The second-order valence-electron chi connectivity index (χ2n) is 2.35. The SMILES string of the molecule is [c]1[c]ccc(-c2[c][c]ccc2)[c]1. The van der Waals surface area contributed by atoms with Gasteiger partial charge in [0.2, 0.25) is 0 Å². The molecule has 0 aliphatic carbocycles. The molecule has 0 amide bonds. The highest BCUT2D eigenvalue weighted by atomic mass is 14.0. The molecule has 0 atom stereocenters. The minimum absolute atomic E-state index is 0.977. The Morgan fingerprint density at radius 2 is 1.75 bits per heavy atom. The van der Waals surface area contributed by atoms with Crippen LogP contribution in [0.15, 0.2) is 30.3 Å². The molecular weight excluding hydrogens is 144 g/mol. The molecule has 0 fully saturated rings. The van der Waals surface area contributed by atoms with Gasteiger partial charge in [-0.25, -0.2) is 0 Å². The highest BCUT2D eigenvalue weighted by molar-refractivity contribution is 5.60. The Balaban J connectivity index is 2.46. The van der Waals surface area contributed by atoms with Gasteiger partial charge in [-0.3, -0.25) is 0 Å². The highest BCUT2D eigenvalue weighted by Crippen LogP contribution is 2.15. The summed E-state index contributed by atoms with van der Waals surface area (Å²) in [6.45, 7) is 0. The first-order valence-corrected chi connectivity index (χ1v) is 3.65. The van der Waals surface area contributed by atoms with Crippen LogP contribution in [0, 0.1) is 30.3 Å². The number of rotatable bonds is 1. The van der Waals surface area contributed by atoms with Gasteiger partial charge in [0.25, 0.3) is 0 Å². The number of benzene rings is 2. The molecule has 2 aromatic carbocycles. The van der Waals surface area contributed by atoms with Crippen LogP contribution in [0.3, 0.4) is 0 Å². The van der Waals surface area contributed by atoms with Crippen LogP contribution in [-0.2, 0) is 0 Å². The topological polar surface area (TPSA) is 0 Å². The van der Waals surface area contributed by atoms with E-state index in [-0.39, 0.29) is 0 Å². The van der Waals surface area contributed by atoms with Gasteiger partial charge in [-0.1, -0.05) is 30.3 Å². The van der Waals surface area contributed by atoms with Crippen LogP contribution >= 0.6 is 0 Å². The maximum absolute atomic E-state index is 2.99. The minimum Gasteiger partial charge on any atom is -0.0610 e. The van der Waals surface area contributed by atoms with Crippen LogP contribution in [0.2, 0.25) is 0 Å². The number of hydrogen-bond acceptors (Lipinski definition) is 0. The van der Waals surface area contributed by atoms with Crippen molar-refractivity contribution in [2.75, 3.05) is 0 Å². The predicted octanol–water partition coefficient (Wildman–Crippen LogP) is 2.35. The van der Waals surface area contributed by atoms with Gasteiger partial charge in [0, 0.05) is 0 Å². The van der Waals surface area contributed by atoms with E-state index in [0.29, 0.717) is 0 Å². The van der Waals surface area contributed by atoms with Crippen LogP contribution in [-0.4, -0.2) is 0 Å². The zero-order chi connectivity index (χ0) is 8.23. The lowest BCUT2D eigenvalue weighted by Gasteiger charge is -1.96. The summed E-state index contributed by atoms with van der Waals surface area (Å²) in [6, 6.07) is 23.9. The maximum Gasteiger partial charge on any atom is -0.000717 e. The van der Waals surface area contributed by atoms with Gasteiger partial charge in [0.05, 0.1) is 0 Å². The Bertz CT molecular complexity index is 297. The molecule has 53 valence electrons. The Morgan fingerprint density at radius 3 is 2.42 bits per heavy atom. The largest absolute Gasteiger partial charge is 0.0610 e. The third-order valence-electron chi connectivity index (χ3n) is 1.54. The summed E-state index contributed by atoms with van der Waals surface area (Å²) in [7, 11) is 0. The van der Waals surface area contributed by atoms with E-state index in [1.54, 1.807) is 0 Å². The molecule has 12 heavy (non-hydrogen) atoms. The van der Waals surface area contributed by atoms with Gasteiger partial charge in [0.15, 0.2) is 0 Å². The fraction of sp³-hybridized carbons (Fsp3) is 0. The molecular formula is C12H5. The average Bonchev–Trinajstić information content (AvgIpc) is 2.21. The fourth-order valence-corrected chi connectivity index (χ4v) is 0.980. The summed E-state index contributed by atoms with van der Waals surface area (Å²) in [5.74, 6) is 0. The van der Waals surface area contributed by atoms with Crippen molar-refractivity contribution in [1.82, 2.24) is 0 Å². The predicted molar refractivity (Wildman–Crippen MR) is 46.1 cm³/mol. The normalized spacial score (nSPS) is 9.67. The molecule has 0 aliphatic rings. The Hall–Kier alpha value is -1.56. The molecule has 0 unspecified atom stereocenters. The third-order valence-corrected chi connectivity index (χ3v) is 1.54. The standard InChI is InChI=1S/C12H5/c1-3-7-11(8-4-1)12-9-5-2-6-10-12/h1,3,5,7,9H. The minimum atomic E-state index is 0.977. The van der Waals surface area contributed by atoms with Gasteiger partial charge in [-0.05, 0) is 41.5 Å². The smallest absolute Gasteiger partial charge is 0.000717 e. The quantitative estimate of drug-likeness (QED) is 0.583. The third kappa shape index (κ3) is 1.37. The van der Waals surface area contributed by atoms with Crippen LogP contribution < -0.4 is 0 Å². The molecule has 0 saturated heterocycles. The molecule has 0 nitrogen and oxygen atoms in total. The summed E-state index contributed by atoms with van der Waals surface area (Å²) in [4.78, 5) is 0. The van der Waals surface area contributed by atoms with E-state index in [1.807, 2.05) is 30.3 Å². The summed E-state index contributed by atoms with van der Waals surface area (Å²) in [5, 5.41) is 0. The number of hydrogen-bond donors (Lipinski definition) is 0. The molecule has 0 heteroatoms. The van der Waals surface area contributed by atoms with Crippen LogP contribution in [0.4, 0.5) is 0 Å². The summed E-state index contributed by atoms with van der Waals surface area (Å²) < 4.78 is 0. The zero-order valence-electron chi connectivity index (χ0n) is 6.39. The van der Waals surface area contributed by atoms with Crippen LogP contribution in [0.25, 0.3) is 11.1 Å². The fourth-order valence-electron chi connectivity index (χ4n) is 0.980. The summed E-state index contributed by atoms with van der Waals surface area (Å²) in [5.41, 5.74) is 1.97.